The maximum absolute atomic E-state index is 13.0. The maximum Gasteiger partial charge on any atom is 0.414 e. The first kappa shape index (κ1) is 20.6. The molecule has 0 amide bonds. The lowest BCUT2D eigenvalue weighted by atomic mass is 10.0. The first-order valence-corrected chi connectivity index (χ1v) is 9.89. The Labute approximate surface area is 178 Å². The van der Waals surface area contributed by atoms with E-state index in [1.807, 2.05) is 24.3 Å². The van der Waals surface area contributed by atoms with Crippen LogP contribution in [0.5, 0.6) is 6.01 Å². The number of unbranched alkanes of at least 4 members (excludes halogenated alkanes) is 1. The fourth-order valence-electron chi connectivity index (χ4n) is 3.22. The van der Waals surface area contributed by atoms with E-state index in [4.69, 9.17) is 9.47 Å². The predicted octanol–water partition coefficient (Wildman–Crippen LogP) is 4.21. The van der Waals surface area contributed by atoms with E-state index in [0.29, 0.717) is 26.2 Å². The molecular weight excluding hydrogens is 401 g/mol. The second-order valence-electron chi connectivity index (χ2n) is 7.08. The normalized spacial score (nSPS) is 14.8. The van der Waals surface area contributed by atoms with Crippen LogP contribution >= 0.6 is 0 Å². The van der Waals surface area contributed by atoms with Gasteiger partial charge in [-0.05, 0) is 46.7 Å². The van der Waals surface area contributed by atoms with Gasteiger partial charge in [-0.15, -0.1) is 0 Å². The SMILES string of the molecule is O=[N+]([O-])c1cn2c(n1)OC[C@@H](OCCCC#Cc1ccc(-c3ccc(F)cc3)cc1)C2. The van der Waals surface area contributed by atoms with Gasteiger partial charge in [-0.1, -0.05) is 36.1 Å². The summed E-state index contributed by atoms with van der Waals surface area (Å²) < 4.78 is 25.8. The highest BCUT2D eigenvalue weighted by molar-refractivity contribution is 5.64. The molecular formula is C23H20FN3O4. The fourth-order valence-corrected chi connectivity index (χ4v) is 3.22. The zero-order valence-electron chi connectivity index (χ0n) is 16.7. The molecule has 158 valence electrons. The summed E-state index contributed by atoms with van der Waals surface area (Å²) in [5.41, 5.74) is 2.89. The molecule has 0 bridgehead atoms. The minimum atomic E-state index is -0.542. The van der Waals surface area contributed by atoms with E-state index in [1.165, 1.54) is 18.3 Å². The van der Waals surface area contributed by atoms with Crippen LogP contribution in [0.1, 0.15) is 18.4 Å². The monoisotopic (exact) mass is 421 g/mol. The lowest BCUT2D eigenvalue weighted by Crippen LogP contribution is -2.32. The van der Waals surface area contributed by atoms with E-state index in [2.05, 4.69) is 16.8 Å². The molecule has 1 aliphatic heterocycles. The van der Waals surface area contributed by atoms with Crippen LogP contribution in [0.25, 0.3) is 11.1 Å². The predicted molar refractivity (Wildman–Crippen MR) is 112 cm³/mol. The van der Waals surface area contributed by atoms with E-state index in [1.54, 1.807) is 16.7 Å². The Morgan fingerprint density at radius 1 is 1.19 bits per heavy atom. The third-order valence-electron chi connectivity index (χ3n) is 4.81. The topological polar surface area (TPSA) is 79.4 Å². The van der Waals surface area contributed by atoms with E-state index in [9.17, 15) is 14.5 Å². The molecule has 31 heavy (non-hydrogen) atoms. The van der Waals surface area contributed by atoms with Crippen LogP contribution in [0, 0.1) is 27.8 Å². The van der Waals surface area contributed by atoms with Gasteiger partial charge in [0, 0.05) is 23.6 Å². The minimum Gasteiger partial charge on any atom is -0.443 e. The Bertz CT molecular complexity index is 1110. The van der Waals surface area contributed by atoms with Gasteiger partial charge in [0.2, 0.25) is 0 Å². The molecule has 8 heteroatoms. The van der Waals surface area contributed by atoms with Crippen LogP contribution in [0.4, 0.5) is 10.2 Å². The smallest absolute Gasteiger partial charge is 0.414 e. The zero-order chi connectivity index (χ0) is 21.6. The average Bonchev–Trinajstić information content (AvgIpc) is 3.21. The molecule has 4 rings (SSSR count). The van der Waals surface area contributed by atoms with Crippen molar-refractivity contribution in [2.24, 2.45) is 0 Å². The van der Waals surface area contributed by atoms with E-state index in [-0.39, 0.29) is 23.7 Å². The molecule has 1 aromatic heterocycles. The molecule has 0 fully saturated rings. The molecule has 1 atom stereocenters. The quantitative estimate of drug-likeness (QED) is 0.258. The van der Waals surface area contributed by atoms with Gasteiger partial charge in [0.15, 0.2) is 0 Å². The summed E-state index contributed by atoms with van der Waals surface area (Å²) in [5.74, 6) is 5.79. The van der Waals surface area contributed by atoms with Crippen molar-refractivity contribution in [3.05, 3.63) is 76.2 Å². The van der Waals surface area contributed by atoms with Crippen LogP contribution in [0.2, 0.25) is 0 Å². The van der Waals surface area contributed by atoms with Crippen molar-refractivity contribution in [1.82, 2.24) is 9.55 Å². The molecule has 2 heterocycles. The molecule has 7 nitrogen and oxygen atoms in total. The maximum atomic E-state index is 13.0. The Kier molecular flexibility index (Phi) is 6.24. The van der Waals surface area contributed by atoms with Gasteiger partial charge in [-0.25, -0.2) is 4.39 Å². The second kappa shape index (κ2) is 9.41. The first-order valence-electron chi connectivity index (χ1n) is 9.89. The summed E-state index contributed by atoms with van der Waals surface area (Å²) in [4.78, 5) is 14.1. The summed E-state index contributed by atoms with van der Waals surface area (Å²) in [5, 5.41) is 10.8. The third-order valence-corrected chi connectivity index (χ3v) is 4.81. The Balaban J connectivity index is 1.20. The number of nitrogens with zero attached hydrogens (tertiary/aromatic N) is 3. The number of rotatable bonds is 6. The highest BCUT2D eigenvalue weighted by Crippen LogP contribution is 2.22. The van der Waals surface area contributed by atoms with Crippen molar-refractivity contribution < 1.29 is 18.8 Å². The molecule has 1 aliphatic rings. The lowest BCUT2D eigenvalue weighted by molar-refractivity contribution is -0.389. The first-order chi connectivity index (χ1) is 15.1. The molecule has 0 spiro atoms. The second-order valence-corrected chi connectivity index (χ2v) is 7.08. The van der Waals surface area contributed by atoms with Crippen molar-refractivity contribution in [3.63, 3.8) is 0 Å². The van der Waals surface area contributed by atoms with Gasteiger partial charge in [0.1, 0.15) is 24.7 Å². The van der Waals surface area contributed by atoms with Crippen molar-refractivity contribution >= 4 is 5.82 Å². The number of nitro groups is 1. The number of hydrogen-bond acceptors (Lipinski definition) is 5. The summed E-state index contributed by atoms with van der Waals surface area (Å²) in [6.45, 7) is 1.32. The van der Waals surface area contributed by atoms with Crippen molar-refractivity contribution in [1.29, 1.82) is 0 Å². The third kappa shape index (κ3) is 5.27. The molecule has 0 aliphatic carbocycles. The fraction of sp³-hybridized carbons (Fsp3) is 0.261. The lowest BCUT2D eigenvalue weighted by Gasteiger charge is -2.22. The Morgan fingerprint density at radius 2 is 1.90 bits per heavy atom. The van der Waals surface area contributed by atoms with Crippen molar-refractivity contribution in [2.45, 2.75) is 25.5 Å². The number of fused-ring (bicyclic) bond motifs is 1. The highest BCUT2D eigenvalue weighted by atomic mass is 19.1. The average molecular weight is 421 g/mol. The van der Waals surface area contributed by atoms with E-state index in [0.717, 1.165) is 23.1 Å². The summed E-state index contributed by atoms with van der Waals surface area (Å²) >= 11 is 0. The van der Waals surface area contributed by atoms with Gasteiger partial charge in [0.05, 0.1) is 6.54 Å². The number of ether oxygens (including phenoxy) is 2. The Morgan fingerprint density at radius 3 is 2.61 bits per heavy atom. The van der Waals surface area contributed by atoms with Crippen molar-refractivity contribution in [3.8, 4) is 29.0 Å². The molecule has 0 saturated carbocycles. The van der Waals surface area contributed by atoms with E-state index < -0.39 is 4.92 Å². The molecule has 3 aromatic rings. The van der Waals surface area contributed by atoms with Crippen LogP contribution in [0.15, 0.2) is 54.7 Å². The Hall–Kier alpha value is -3.70. The molecule has 0 saturated heterocycles. The number of halogens is 1. The summed E-state index contributed by atoms with van der Waals surface area (Å²) in [6.07, 6.45) is 2.65. The number of imidazole rings is 1. The number of benzene rings is 2. The standard InChI is InChI=1S/C23H20FN3O4/c24-20-11-9-19(10-12-20)18-7-5-17(6-8-18)4-2-1-3-13-30-21-14-26-15-22(27(28)29)25-23(26)31-16-21/h5-12,15,21H,1,3,13-14,16H2/t21-/m0/s1. The molecule has 2 aromatic carbocycles. The van der Waals surface area contributed by atoms with Crippen molar-refractivity contribution in [2.75, 3.05) is 13.2 Å². The minimum absolute atomic E-state index is 0.173. The molecule has 0 unspecified atom stereocenters. The van der Waals surface area contributed by atoms with Gasteiger partial charge < -0.3 is 19.6 Å². The molecule has 0 radical (unpaired) electrons. The van der Waals surface area contributed by atoms with Crippen LogP contribution in [-0.4, -0.2) is 33.8 Å². The van der Waals surface area contributed by atoms with Gasteiger partial charge in [-0.3, -0.25) is 4.57 Å². The van der Waals surface area contributed by atoms with Crippen LogP contribution < -0.4 is 4.74 Å². The van der Waals surface area contributed by atoms with Gasteiger partial charge in [0.25, 0.3) is 0 Å². The number of hydrogen-bond donors (Lipinski definition) is 0. The zero-order valence-corrected chi connectivity index (χ0v) is 16.7. The largest absolute Gasteiger partial charge is 0.443 e. The van der Waals surface area contributed by atoms with Gasteiger partial charge >= 0.3 is 11.8 Å². The summed E-state index contributed by atoms with van der Waals surface area (Å²) in [7, 11) is 0. The molecule has 0 N–H and O–H groups in total. The van der Waals surface area contributed by atoms with Crippen LogP contribution in [-0.2, 0) is 11.3 Å². The van der Waals surface area contributed by atoms with Gasteiger partial charge in [-0.2, -0.15) is 0 Å². The van der Waals surface area contributed by atoms with Crippen LogP contribution in [0.3, 0.4) is 0 Å². The summed E-state index contributed by atoms with van der Waals surface area (Å²) in [6, 6.07) is 14.5. The van der Waals surface area contributed by atoms with E-state index >= 15 is 0 Å². The highest BCUT2D eigenvalue weighted by Gasteiger charge is 2.28. The number of aromatic nitrogens is 2.